The Morgan fingerprint density at radius 3 is 2.22 bits per heavy atom. The van der Waals surface area contributed by atoms with E-state index in [-0.39, 0.29) is 42.3 Å². The maximum absolute atomic E-state index is 14.4. The van der Waals surface area contributed by atoms with Gasteiger partial charge in [-0.05, 0) is 24.8 Å². The molecule has 132 valence electrons. The monoisotopic (exact) mass is 374 g/mol. The van der Waals surface area contributed by atoms with Gasteiger partial charge < -0.3 is 5.32 Å². The zero-order valence-electron chi connectivity index (χ0n) is 12.4. The van der Waals surface area contributed by atoms with Crippen LogP contribution in [0.25, 0.3) is 0 Å². The van der Waals surface area contributed by atoms with Gasteiger partial charge in [-0.15, -0.1) is 24.8 Å². The number of nitrogens with one attached hydrogen (secondary N) is 1. The Morgan fingerprint density at radius 2 is 1.70 bits per heavy atom. The Kier molecular flexibility index (Phi) is 7.13. The van der Waals surface area contributed by atoms with Gasteiger partial charge in [-0.2, -0.15) is 13.2 Å². The molecule has 0 spiro atoms. The van der Waals surface area contributed by atoms with E-state index in [2.05, 4.69) is 10.2 Å². The minimum absolute atomic E-state index is 0. The molecular weight excluding hydrogens is 355 g/mol. The molecule has 0 radical (unpaired) electrons. The van der Waals surface area contributed by atoms with Crippen LogP contribution >= 0.6 is 24.8 Å². The minimum Gasteiger partial charge on any atom is -0.314 e. The number of hydrogen-bond acceptors (Lipinski definition) is 2. The second-order valence-corrected chi connectivity index (χ2v) is 5.77. The summed E-state index contributed by atoms with van der Waals surface area (Å²) in [5.74, 6) is -0.818. The molecular formula is C15H20Cl2F4N2. The molecule has 0 amide bonds. The van der Waals surface area contributed by atoms with Gasteiger partial charge in [-0.3, -0.25) is 4.90 Å². The summed E-state index contributed by atoms with van der Waals surface area (Å²) < 4.78 is 53.1. The molecule has 23 heavy (non-hydrogen) atoms. The minimum atomic E-state index is -4.64. The Morgan fingerprint density at radius 1 is 1.09 bits per heavy atom. The molecule has 1 aromatic carbocycles. The molecule has 1 aliphatic carbocycles. The maximum Gasteiger partial charge on any atom is 0.419 e. The summed E-state index contributed by atoms with van der Waals surface area (Å²) in [7, 11) is 0. The molecule has 1 saturated heterocycles. The van der Waals surface area contributed by atoms with Crippen LogP contribution in [-0.2, 0) is 6.18 Å². The zero-order valence-corrected chi connectivity index (χ0v) is 14.0. The number of piperazine rings is 1. The number of nitrogens with zero attached hydrogens (tertiary/aromatic N) is 1. The number of hydrogen-bond donors (Lipinski definition) is 1. The summed E-state index contributed by atoms with van der Waals surface area (Å²) in [6.07, 6.45) is -2.72. The third-order valence-electron chi connectivity index (χ3n) is 4.27. The molecule has 0 unspecified atom stereocenters. The molecule has 1 aliphatic heterocycles. The van der Waals surface area contributed by atoms with Crippen LogP contribution < -0.4 is 5.32 Å². The van der Waals surface area contributed by atoms with Crippen molar-refractivity contribution in [1.82, 2.24) is 10.2 Å². The lowest BCUT2D eigenvalue weighted by Gasteiger charge is -2.36. The standard InChI is InChI=1S/C15H18F4N2.2ClH/c16-13-11(2-1-3-12(13)15(17,18)19)14(10-4-5-10)21-8-6-20-7-9-21;;/h1-3,10,14,20H,4-9H2;2*1H/t14-;;/m1../s1. The molecule has 1 saturated carbocycles. The van der Waals surface area contributed by atoms with Gasteiger partial charge in [0.1, 0.15) is 5.82 Å². The van der Waals surface area contributed by atoms with Crippen LogP contribution in [0.4, 0.5) is 17.6 Å². The average Bonchev–Trinajstić information content (AvgIpc) is 3.26. The van der Waals surface area contributed by atoms with Gasteiger partial charge in [0.2, 0.25) is 0 Å². The van der Waals surface area contributed by atoms with Crippen LogP contribution in [0, 0.1) is 11.7 Å². The predicted octanol–water partition coefficient (Wildman–Crippen LogP) is 4.04. The van der Waals surface area contributed by atoms with Gasteiger partial charge in [-0.25, -0.2) is 4.39 Å². The lowest BCUT2D eigenvalue weighted by Crippen LogP contribution is -2.46. The van der Waals surface area contributed by atoms with Crippen LogP contribution in [-0.4, -0.2) is 31.1 Å². The fourth-order valence-electron chi connectivity index (χ4n) is 3.12. The van der Waals surface area contributed by atoms with Crippen LogP contribution in [0.5, 0.6) is 0 Å². The Labute approximate surface area is 145 Å². The largest absolute Gasteiger partial charge is 0.419 e. The van der Waals surface area contributed by atoms with Gasteiger partial charge in [0.25, 0.3) is 0 Å². The van der Waals surface area contributed by atoms with E-state index in [1.54, 1.807) is 0 Å². The first-order chi connectivity index (χ1) is 9.98. The van der Waals surface area contributed by atoms with E-state index in [9.17, 15) is 17.6 Å². The highest BCUT2D eigenvalue weighted by Gasteiger charge is 2.41. The lowest BCUT2D eigenvalue weighted by molar-refractivity contribution is -0.140. The molecule has 2 nitrogen and oxygen atoms in total. The lowest BCUT2D eigenvalue weighted by atomic mass is 9.96. The summed E-state index contributed by atoms with van der Waals surface area (Å²) >= 11 is 0. The number of halogens is 6. The molecule has 2 aliphatic rings. The zero-order chi connectivity index (χ0) is 15.0. The van der Waals surface area contributed by atoms with Crippen molar-refractivity contribution in [1.29, 1.82) is 0 Å². The Balaban J connectivity index is 0.00000132. The van der Waals surface area contributed by atoms with Crippen molar-refractivity contribution in [2.75, 3.05) is 26.2 Å². The molecule has 2 fully saturated rings. The SMILES string of the molecule is Cl.Cl.Fc1c([C@@H](C2CC2)N2CCNCC2)cccc1C(F)(F)F. The highest BCUT2D eigenvalue weighted by Crippen LogP contribution is 2.46. The van der Waals surface area contributed by atoms with Crippen molar-refractivity contribution in [3.8, 4) is 0 Å². The molecule has 1 atom stereocenters. The van der Waals surface area contributed by atoms with Crippen LogP contribution in [0.1, 0.15) is 30.0 Å². The van der Waals surface area contributed by atoms with E-state index in [1.807, 2.05) is 0 Å². The molecule has 0 bridgehead atoms. The first-order valence-corrected chi connectivity index (χ1v) is 7.29. The van der Waals surface area contributed by atoms with Crippen LogP contribution in [0.15, 0.2) is 18.2 Å². The second kappa shape index (κ2) is 8.01. The van der Waals surface area contributed by atoms with Crippen molar-refractivity contribution in [2.24, 2.45) is 5.92 Å². The molecule has 0 aromatic heterocycles. The first-order valence-electron chi connectivity index (χ1n) is 7.29. The van der Waals surface area contributed by atoms with Crippen molar-refractivity contribution in [2.45, 2.75) is 25.1 Å². The van der Waals surface area contributed by atoms with Gasteiger partial charge in [0.15, 0.2) is 0 Å². The molecule has 8 heteroatoms. The van der Waals surface area contributed by atoms with Crippen LogP contribution in [0.2, 0.25) is 0 Å². The summed E-state index contributed by atoms with van der Waals surface area (Å²) in [5, 5.41) is 3.22. The summed E-state index contributed by atoms with van der Waals surface area (Å²) in [6.45, 7) is 3.08. The molecule has 1 N–H and O–H groups in total. The van der Waals surface area contributed by atoms with E-state index >= 15 is 0 Å². The summed E-state index contributed by atoms with van der Waals surface area (Å²) in [6, 6.07) is 3.42. The number of rotatable bonds is 3. The van der Waals surface area contributed by atoms with E-state index in [0.29, 0.717) is 0 Å². The van der Waals surface area contributed by atoms with Crippen LogP contribution in [0.3, 0.4) is 0 Å². The van der Waals surface area contributed by atoms with E-state index < -0.39 is 17.6 Å². The normalized spacial score (nSPS) is 20.3. The first kappa shape index (κ1) is 20.5. The van der Waals surface area contributed by atoms with E-state index in [4.69, 9.17) is 0 Å². The Hall–Kier alpha value is -0.560. The van der Waals surface area contributed by atoms with Crippen molar-refractivity contribution >= 4 is 24.8 Å². The molecule has 1 aromatic rings. The fraction of sp³-hybridized carbons (Fsp3) is 0.600. The average molecular weight is 375 g/mol. The van der Waals surface area contributed by atoms with E-state index in [0.717, 1.165) is 45.1 Å². The second-order valence-electron chi connectivity index (χ2n) is 5.77. The third-order valence-corrected chi connectivity index (χ3v) is 4.27. The van der Waals surface area contributed by atoms with Crippen molar-refractivity contribution in [3.63, 3.8) is 0 Å². The fourth-order valence-corrected chi connectivity index (χ4v) is 3.12. The summed E-state index contributed by atoms with van der Waals surface area (Å²) in [5.41, 5.74) is -0.949. The van der Waals surface area contributed by atoms with E-state index in [1.165, 1.54) is 12.1 Å². The van der Waals surface area contributed by atoms with Gasteiger partial charge in [0.05, 0.1) is 5.56 Å². The van der Waals surface area contributed by atoms with Crippen molar-refractivity contribution in [3.05, 3.63) is 35.1 Å². The smallest absolute Gasteiger partial charge is 0.314 e. The summed E-state index contributed by atoms with van der Waals surface area (Å²) in [4.78, 5) is 2.12. The van der Waals surface area contributed by atoms with Gasteiger partial charge >= 0.3 is 6.18 Å². The predicted molar refractivity (Wildman–Crippen MR) is 85.8 cm³/mol. The van der Waals surface area contributed by atoms with Gasteiger partial charge in [0, 0.05) is 37.8 Å². The highest BCUT2D eigenvalue weighted by atomic mass is 35.5. The molecule has 1 heterocycles. The highest BCUT2D eigenvalue weighted by molar-refractivity contribution is 5.85. The third kappa shape index (κ3) is 4.50. The topological polar surface area (TPSA) is 15.3 Å². The quantitative estimate of drug-likeness (QED) is 0.803. The van der Waals surface area contributed by atoms with Crippen molar-refractivity contribution < 1.29 is 17.6 Å². The Bertz CT molecular complexity index is 515. The number of alkyl halides is 3. The maximum atomic E-state index is 14.4. The number of benzene rings is 1. The van der Waals surface area contributed by atoms with Gasteiger partial charge in [-0.1, -0.05) is 12.1 Å². The molecule has 3 rings (SSSR count).